The number of nitrogens with zero attached hydrogens (tertiary/aromatic N) is 2. The molecule has 18 heavy (non-hydrogen) atoms. The van der Waals surface area contributed by atoms with Crippen molar-refractivity contribution in [2.45, 2.75) is 13.1 Å². The number of hydrogen-bond acceptors (Lipinski definition) is 3. The van der Waals surface area contributed by atoms with Crippen LogP contribution < -0.4 is 10.1 Å². The topological polar surface area (TPSA) is 39.1 Å². The number of ether oxygens (including phenoxy) is 1. The molecule has 2 rings (SSSR count). The van der Waals surface area contributed by atoms with E-state index in [1.807, 2.05) is 24.3 Å². The van der Waals surface area contributed by atoms with E-state index in [9.17, 15) is 8.78 Å². The zero-order valence-corrected chi connectivity index (χ0v) is 9.81. The van der Waals surface area contributed by atoms with Crippen molar-refractivity contribution in [1.29, 1.82) is 0 Å². The third-order valence-corrected chi connectivity index (χ3v) is 2.46. The highest BCUT2D eigenvalue weighted by molar-refractivity contribution is 5.39. The van der Waals surface area contributed by atoms with Crippen LogP contribution in [0, 0.1) is 0 Å². The van der Waals surface area contributed by atoms with Gasteiger partial charge in [-0.05, 0) is 6.07 Å². The lowest BCUT2D eigenvalue weighted by Crippen LogP contribution is -2.04. The maximum absolute atomic E-state index is 12.3. The molecule has 1 aromatic carbocycles. The molecule has 0 spiro atoms. The van der Waals surface area contributed by atoms with Crippen LogP contribution in [-0.2, 0) is 6.54 Å². The molecular formula is C12H13F2N3O. The molecule has 0 unspecified atom stereocenters. The van der Waals surface area contributed by atoms with Crippen molar-refractivity contribution in [3.63, 3.8) is 0 Å². The Morgan fingerprint density at radius 3 is 2.78 bits per heavy atom. The summed E-state index contributed by atoms with van der Waals surface area (Å²) in [6.45, 7) is -2.16. The molecule has 0 fully saturated rings. The summed E-state index contributed by atoms with van der Waals surface area (Å²) in [5.74, 6) is 1.15. The molecule has 1 aromatic heterocycles. The van der Waals surface area contributed by atoms with Gasteiger partial charge in [-0.25, -0.2) is 4.68 Å². The lowest BCUT2D eigenvalue weighted by molar-refractivity contribution is 0.0569. The molecule has 0 aliphatic carbocycles. The molecule has 0 amide bonds. The number of halogens is 2. The highest BCUT2D eigenvalue weighted by Crippen LogP contribution is 2.19. The largest absolute Gasteiger partial charge is 0.496 e. The fourth-order valence-electron chi connectivity index (χ4n) is 1.58. The summed E-state index contributed by atoms with van der Waals surface area (Å²) < 4.78 is 30.4. The minimum absolute atomic E-state index is 0.404. The van der Waals surface area contributed by atoms with E-state index in [1.54, 1.807) is 7.11 Å². The van der Waals surface area contributed by atoms with Gasteiger partial charge in [-0.1, -0.05) is 18.2 Å². The molecule has 0 bridgehead atoms. The second-order valence-electron chi connectivity index (χ2n) is 3.62. The van der Waals surface area contributed by atoms with Crippen LogP contribution in [0.15, 0.2) is 36.5 Å². The van der Waals surface area contributed by atoms with E-state index >= 15 is 0 Å². The fourth-order valence-corrected chi connectivity index (χ4v) is 1.58. The highest BCUT2D eigenvalue weighted by atomic mass is 19.3. The average Bonchev–Trinajstić information content (AvgIpc) is 2.85. The van der Waals surface area contributed by atoms with Gasteiger partial charge in [0.25, 0.3) is 0 Å². The van der Waals surface area contributed by atoms with E-state index in [0.717, 1.165) is 11.3 Å². The first-order valence-corrected chi connectivity index (χ1v) is 5.40. The number of hydrogen-bond donors (Lipinski definition) is 1. The Balaban J connectivity index is 2.02. The Morgan fingerprint density at radius 2 is 2.11 bits per heavy atom. The predicted octanol–water partition coefficient (Wildman–Crippen LogP) is 2.90. The van der Waals surface area contributed by atoms with E-state index in [-0.39, 0.29) is 0 Å². The Hall–Kier alpha value is -2.11. The lowest BCUT2D eigenvalue weighted by Gasteiger charge is -2.08. The van der Waals surface area contributed by atoms with E-state index < -0.39 is 6.55 Å². The molecule has 1 N–H and O–H groups in total. The Kier molecular flexibility index (Phi) is 3.76. The van der Waals surface area contributed by atoms with Crippen LogP contribution in [0.5, 0.6) is 5.75 Å². The number of rotatable bonds is 5. The highest BCUT2D eigenvalue weighted by Gasteiger charge is 2.07. The van der Waals surface area contributed by atoms with Crippen molar-refractivity contribution >= 4 is 5.82 Å². The molecule has 1 heterocycles. The second-order valence-corrected chi connectivity index (χ2v) is 3.62. The molecule has 2 aromatic rings. The third kappa shape index (κ3) is 2.77. The second kappa shape index (κ2) is 5.48. The number of anilines is 1. The van der Waals surface area contributed by atoms with Gasteiger partial charge in [0.2, 0.25) is 0 Å². The Bertz CT molecular complexity index is 514. The van der Waals surface area contributed by atoms with Crippen molar-refractivity contribution in [2.24, 2.45) is 0 Å². The number of methoxy groups -OCH3 is 1. The van der Waals surface area contributed by atoms with Gasteiger partial charge in [0.1, 0.15) is 11.6 Å². The smallest absolute Gasteiger partial charge is 0.333 e. The van der Waals surface area contributed by atoms with Crippen LogP contribution >= 0.6 is 0 Å². The molecule has 96 valence electrons. The van der Waals surface area contributed by atoms with Crippen molar-refractivity contribution < 1.29 is 13.5 Å². The maximum Gasteiger partial charge on any atom is 0.333 e. The standard InChI is InChI=1S/C12H13F2N3O/c1-18-10-5-3-2-4-9(10)8-15-11-6-7-17(16-11)12(13)14/h2-7,12H,8H2,1H3,(H,15,16). The third-order valence-electron chi connectivity index (χ3n) is 2.46. The van der Waals surface area contributed by atoms with Gasteiger partial charge in [0.15, 0.2) is 0 Å². The number of benzene rings is 1. The van der Waals surface area contributed by atoms with Gasteiger partial charge in [0.05, 0.1) is 7.11 Å². The summed E-state index contributed by atoms with van der Waals surface area (Å²) in [5.41, 5.74) is 0.937. The molecule has 0 saturated carbocycles. The van der Waals surface area contributed by atoms with Crippen molar-refractivity contribution in [2.75, 3.05) is 12.4 Å². The summed E-state index contributed by atoms with van der Waals surface area (Å²) >= 11 is 0. The number of aromatic nitrogens is 2. The predicted molar refractivity (Wildman–Crippen MR) is 63.8 cm³/mol. The molecule has 4 nitrogen and oxygen atoms in total. The van der Waals surface area contributed by atoms with Crippen LogP contribution in [0.1, 0.15) is 12.1 Å². The summed E-state index contributed by atoms with van der Waals surface area (Å²) in [4.78, 5) is 0. The van der Waals surface area contributed by atoms with Crippen LogP contribution in [0.3, 0.4) is 0 Å². The SMILES string of the molecule is COc1ccccc1CNc1ccn(C(F)F)n1. The molecule has 0 atom stereocenters. The van der Waals surface area contributed by atoms with Gasteiger partial charge in [-0.2, -0.15) is 13.9 Å². The quantitative estimate of drug-likeness (QED) is 0.890. The fraction of sp³-hybridized carbons (Fsp3) is 0.250. The van der Waals surface area contributed by atoms with E-state index in [2.05, 4.69) is 10.4 Å². The summed E-state index contributed by atoms with van der Waals surface area (Å²) in [6, 6.07) is 9.00. The van der Waals surface area contributed by atoms with Crippen LogP contribution in [0.4, 0.5) is 14.6 Å². The van der Waals surface area contributed by atoms with Crippen molar-refractivity contribution in [1.82, 2.24) is 9.78 Å². The first kappa shape index (κ1) is 12.3. The van der Waals surface area contributed by atoms with E-state index in [1.165, 1.54) is 12.3 Å². The minimum atomic E-state index is -2.62. The first-order chi connectivity index (χ1) is 8.70. The van der Waals surface area contributed by atoms with Crippen LogP contribution in [0.25, 0.3) is 0 Å². The van der Waals surface area contributed by atoms with Gasteiger partial charge >= 0.3 is 6.55 Å². The van der Waals surface area contributed by atoms with Gasteiger partial charge in [0, 0.05) is 24.4 Å². The van der Waals surface area contributed by atoms with E-state index in [0.29, 0.717) is 17.0 Å². The summed E-state index contributed by atoms with van der Waals surface area (Å²) in [5, 5.41) is 6.66. The molecule has 0 aliphatic heterocycles. The summed E-state index contributed by atoms with van der Waals surface area (Å²) in [6.07, 6.45) is 1.23. The van der Waals surface area contributed by atoms with Gasteiger partial charge in [-0.3, -0.25) is 0 Å². The maximum atomic E-state index is 12.3. The first-order valence-electron chi connectivity index (χ1n) is 5.40. The molecular weight excluding hydrogens is 240 g/mol. The van der Waals surface area contributed by atoms with Crippen LogP contribution in [0.2, 0.25) is 0 Å². The molecule has 0 radical (unpaired) electrons. The molecule has 0 saturated heterocycles. The normalized spacial score (nSPS) is 10.7. The monoisotopic (exact) mass is 253 g/mol. The number of para-hydroxylation sites is 1. The van der Waals surface area contributed by atoms with Crippen molar-refractivity contribution in [3.8, 4) is 5.75 Å². The van der Waals surface area contributed by atoms with Gasteiger partial charge < -0.3 is 10.1 Å². The average molecular weight is 253 g/mol. The van der Waals surface area contributed by atoms with Crippen LogP contribution in [-0.4, -0.2) is 16.9 Å². The zero-order valence-electron chi connectivity index (χ0n) is 9.81. The zero-order chi connectivity index (χ0) is 13.0. The van der Waals surface area contributed by atoms with Gasteiger partial charge in [-0.15, -0.1) is 0 Å². The Labute approximate surface area is 103 Å². The van der Waals surface area contributed by atoms with Crippen molar-refractivity contribution in [3.05, 3.63) is 42.1 Å². The summed E-state index contributed by atoms with van der Waals surface area (Å²) in [7, 11) is 1.59. The lowest BCUT2D eigenvalue weighted by atomic mass is 10.2. The Morgan fingerprint density at radius 1 is 1.33 bits per heavy atom. The number of alkyl halides is 2. The molecule has 6 heteroatoms. The minimum Gasteiger partial charge on any atom is -0.496 e. The number of nitrogens with one attached hydrogen (secondary N) is 1. The van der Waals surface area contributed by atoms with E-state index in [4.69, 9.17) is 4.74 Å². The molecule has 0 aliphatic rings.